The van der Waals surface area contributed by atoms with Crippen LogP contribution in [0, 0.1) is 5.92 Å². The molecule has 42 heavy (non-hydrogen) atoms. The summed E-state index contributed by atoms with van der Waals surface area (Å²) < 4.78 is 16.7. The molecule has 2 aromatic heterocycles. The largest absolute Gasteiger partial charge is 0.480 e. The molecule has 0 spiro atoms. The molecule has 1 aromatic carbocycles. The number of carbonyl (C=O) groups is 2. The zero-order chi connectivity index (χ0) is 29.1. The first-order valence-corrected chi connectivity index (χ1v) is 14.1. The van der Waals surface area contributed by atoms with Crippen molar-refractivity contribution in [1.82, 2.24) is 15.3 Å². The molecule has 1 saturated carbocycles. The number of hydrogen-bond acceptors (Lipinski definition) is 10. The van der Waals surface area contributed by atoms with Crippen LogP contribution in [0.3, 0.4) is 0 Å². The summed E-state index contributed by atoms with van der Waals surface area (Å²) in [7, 11) is 0. The van der Waals surface area contributed by atoms with Gasteiger partial charge in [-0.1, -0.05) is 24.3 Å². The third-order valence-electron chi connectivity index (χ3n) is 7.59. The third kappa shape index (κ3) is 6.46. The van der Waals surface area contributed by atoms with Crippen LogP contribution in [0.4, 0.5) is 16.4 Å². The highest BCUT2D eigenvalue weighted by molar-refractivity contribution is 5.95. The number of aromatic nitrogens is 2. The number of aliphatic hydroxyl groups excluding tert-OH is 2. The average molecular weight is 576 g/mol. The highest BCUT2D eigenvalue weighted by atomic mass is 16.6. The van der Waals surface area contributed by atoms with Gasteiger partial charge in [0.1, 0.15) is 11.9 Å². The molecule has 4 atom stereocenters. The molecule has 2 unspecified atom stereocenters. The van der Waals surface area contributed by atoms with E-state index in [1.54, 1.807) is 12.1 Å². The number of fused-ring (bicyclic) bond motifs is 1. The van der Waals surface area contributed by atoms with Gasteiger partial charge in [0, 0.05) is 18.2 Å². The van der Waals surface area contributed by atoms with Gasteiger partial charge in [-0.05, 0) is 61.6 Å². The molecule has 12 nitrogen and oxygen atoms in total. The van der Waals surface area contributed by atoms with Crippen LogP contribution in [0.5, 0.6) is 11.6 Å². The molecule has 6 rings (SSSR count). The van der Waals surface area contributed by atoms with Crippen LogP contribution in [0.2, 0.25) is 0 Å². The van der Waals surface area contributed by atoms with Crippen molar-refractivity contribution in [1.29, 1.82) is 0 Å². The van der Waals surface area contributed by atoms with Crippen molar-refractivity contribution in [2.75, 3.05) is 36.5 Å². The van der Waals surface area contributed by atoms with Crippen molar-refractivity contribution >= 4 is 23.6 Å². The Morgan fingerprint density at radius 3 is 2.74 bits per heavy atom. The second-order valence-corrected chi connectivity index (χ2v) is 10.8. The number of nitrogens with zero attached hydrogens (tertiary/aromatic N) is 3. The van der Waals surface area contributed by atoms with Crippen LogP contribution in [0.1, 0.15) is 24.8 Å². The maximum atomic E-state index is 12.5. The van der Waals surface area contributed by atoms with Gasteiger partial charge in [0.15, 0.2) is 18.2 Å². The van der Waals surface area contributed by atoms with E-state index in [1.807, 2.05) is 36.4 Å². The van der Waals surface area contributed by atoms with Crippen LogP contribution in [-0.4, -0.2) is 76.8 Å². The number of anilines is 2. The van der Waals surface area contributed by atoms with Gasteiger partial charge in [0.05, 0.1) is 31.1 Å². The smallest absolute Gasteiger partial charge is 0.415 e. The van der Waals surface area contributed by atoms with Gasteiger partial charge in [0.2, 0.25) is 5.88 Å². The molecule has 12 heteroatoms. The summed E-state index contributed by atoms with van der Waals surface area (Å²) in [6, 6.07) is 17.1. The van der Waals surface area contributed by atoms with E-state index >= 15 is 0 Å². The molecule has 0 bridgehead atoms. The average Bonchev–Trinajstić information content (AvgIpc) is 3.54. The first-order valence-electron chi connectivity index (χ1n) is 14.1. The summed E-state index contributed by atoms with van der Waals surface area (Å²) in [6.07, 6.45) is -0.445. The summed E-state index contributed by atoms with van der Waals surface area (Å²) in [5.74, 6) is 1.49. The Kier molecular flexibility index (Phi) is 8.17. The maximum Gasteiger partial charge on any atom is 0.415 e. The van der Waals surface area contributed by atoms with E-state index in [4.69, 9.17) is 14.2 Å². The van der Waals surface area contributed by atoms with Gasteiger partial charge in [-0.25, -0.2) is 14.8 Å². The van der Waals surface area contributed by atoms with Crippen LogP contribution >= 0.6 is 0 Å². The van der Waals surface area contributed by atoms with Gasteiger partial charge in [-0.3, -0.25) is 9.69 Å². The zero-order valence-corrected chi connectivity index (χ0v) is 22.9. The van der Waals surface area contributed by atoms with E-state index in [9.17, 15) is 19.8 Å². The van der Waals surface area contributed by atoms with Crippen molar-refractivity contribution in [3.05, 3.63) is 60.2 Å². The number of aliphatic hydroxyl groups is 2. The number of rotatable bonds is 10. The Hall–Kier alpha value is -4.26. The predicted molar refractivity (Wildman–Crippen MR) is 152 cm³/mol. The Morgan fingerprint density at radius 1 is 1.05 bits per heavy atom. The minimum absolute atomic E-state index is 0.0569. The minimum Gasteiger partial charge on any atom is -0.480 e. The van der Waals surface area contributed by atoms with E-state index in [1.165, 1.54) is 4.90 Å². The molecule has 1 aliphatic carbocycles. The highest BCUT2D eigenvalue weighted by Gasteiger charge is 2.34. The van der Waals surface area contributed by atoms with Crippen LogP contribution in [0.15, 0.2) is 54.6 Å². The molecule has 2 aliphatic heterocycles. The molecule has 4 N–H and O–H groups in total. The van der Waals surface area contributed by atoms with Crippen molar-refractivity contribution in [2.24, 2.45) is 5.92 Å². The number of pyridine rings is 2. The monoisotopic (exact) mass is 575 g/mol. The van der Waals surface area contributed by atoms with Gasteiger partial charge in [-0.15, -0.1) is 0 Å². The summed E-state index contributed by atoms with van der Waals surface area (Å²) in [4.78, 5) is 34.6. The number of nitrogens with one attached hydrogen (secondary N) is 2. The molecule has 3 aliphatic rings. The molecule has 220 valence electrons. The summed E-state index contributed by atoms with van der Waals surface area (Å²) >= 11 is 0. The van der Waals surface area contributed by atoms with Gasteiger partial charge in [-0.2, -0.15) is 0 Å². The van der Waals surface area contributed by atoms with Crippen LogP contribution in [0.25, 0.3) is 11.3 Å². The lowest BCUT2D eigenvalue weighted by Crippen LogP contribution is -2.29. The first-order chi connectivity index (χ1) is 20.4. The Labute approximate surface area is 242 Å². The van der Waals surface area contributed by atoms with Crippen molar-refractivity contribution in [3.63, 3.8) is 0 Å². The fraction of sp³-hybridized carbons (Fsp3) is 0.400. The molecular weight excluding hydrogens is 542 g/mol. The standard InChI is InChI=1S/C30H33N5O7/c36-23-12-19(13-24(23)37)16-41-28-6-2-5-22(32-28)20-4-1-3-18(11-20)14-31-10-9-21-15-35(30(39)42-21)26-8-7-25-29(33-26)34-27(38)17-40-25/h1-8,11,19,21,23-24,31,36-37H,9-10,12-17H2,(H,33,34,38)/t19?,21?,23-,24+. The van der Waals surface area contributed by atoms with E-state index in [0.717, 1.165) is 16.8 Å². The Morgan fingerprint density at radius 2 is 1.88 bits per heavy atom. The lowest BCUT2D eigenvalue weighted by atomic mass is 10.1. The number of hydrogen-bond donors (Lipinski definition) is 4. The third-order valence-corrected chi connectivity index (χ3v) is 7.59. The fourth-order valence-corrected chi connectivity index (χ4v) is 5.39. The second-order valence-electron chi connectivity index (χ2n) is 10.8. The summed E-state index contributed by atoms with van der Waals surface area (Å²) in [5.41, 5.74) is 2.84. The van der Waals surface area contributed by atoms with E-state index in [-0.39, 0.29) is 24.5 Å². The number of carbonyl (C=O) groups excluding carboxylic acids is 2. The molecule has 4 heterocycles. The molecule has 1 saturated heterocycles. The van der Waals surface area contributed by atoms with Gasteiger partial charge < -0.3 is 35.1 Å². The number of amides is 2. The van der Waals surface area contributed by atoms with E-state index in [0.29, 0.717) is 68.8 Å². The molecule has 2 fully saturated rings. The van der Waals surface area contributed by atoms with Crippen LogP contribution < -0.4 is 25.0 Å². The molecule has 3 aromatic rings. The second kappa shape index (κ2) is 12.3. The lowest BCUT2D eigenvalue weighted by molar-refractivity contribution is -0.118. The van der Waals surface area contributed by atoms with E-state index in [2.05, 4.69) is 26.7 Å². The quantitative estimate of drug-likeness (QED) is 0.265. The topological polar surface area (TPSA) is 155 Å². The highest BCUT2D eigenvalue weighted by Crippen LogP contribution is 2.31. The van der Waals surface area contributed by atoms with Crippen molar-refractivity contribution in [2.45, 2.75) is 44.1 Å². The Balaban J connectivity index is 0.980. The number of ether oxygens (including phenoxy) is 3. The summed E-state index contributed by atoms with van der Waals surface area (Å²) in [5, 5.41) is 25.6. The first kappa shape index (κ1) is 27.9. The van der Waals surface area contributed by atoms with Crippen molar-refractivity contribution in [3.8, 4) is 22.9 Å². The van der Waals surface area contributed by atoms with Crippen molar-refractivity contribution < 1.29 is 34.0 Å². The Bertz CT molecular complexity index is 1440. The summed E-state index contributed by atoms with van der Waals surface area (Å²) in [6.45, 7) is 1.98. The molecular formula is C30H33N5O7. The van der Waals surface area contributed by atoms with E-state index < -0.39 is 18.3 Å². The van der Waals surface area contributed by atoms with Gasteiger partial charge in [0.25, 0.3) is 5.91 Å². The molecule has 2 amide bonds. The molecule has 0 radical (unpaired) electrons. The maximum absolute atomic E-state index is 12.5. The predicted octanol–water partition coefficient (Wildman–Crippen LogP) is 2.49. The normalized spacial score (nSPS) is 23.2. The zero-order valence-electron chi connectivity index (χ0n) is 22.9. The number of cyclic esters (lactones) is 1. The SMILES string of the molecule is O=C1COc2ccc(N3CC(CCNCc4cccc(-c5cccc(OCC6C[C@@H](O)[C@@H](O)C6)n5)c4)OC3=O)nc2N1. The minimum atomic E-state index is -0.684. The fourth-order valence-electron chi connectivity index (χ4n) is 5.39. The van der Waals surface area contributed by atoms with Crippen LogP contribution in [-0.2, 0) is 16.1 Å². The lowest BCUT2D eigenvalue weighted by Gasteiger charge is -2.19. The number of benzene rings is 1. The van der Waals surface area contributed by atoms with Gasteiger partial charge >= 0.3 is 6.09 Å².